The molecular formula is C15H16. The lowest BCUT2D eigenvalue weighted by atomic mass is 9.99. The monoisotopic (exact) mass is 196 g/mol. The van der Waals surface area contributed by atoms with Crippen LogP contribution in [-0.4, -0.2) is 0 Å². The average molecular weight is 196 g/mol. The summed E-state index contributed by atoms with van der Waals surface area (Å²) in [6, 6.07) is 10.7. The van der Waals surface area contributed by atoms with Crippen LogP contribution in [0.1, 0.15) is 12.0 Å². The lowest BCUT2D eigenvalue weighted by molar-refractivity contribution is 0.709. The summed E-state index contributed by atoms with van der Waals surface area (Å²) in [6.45, 7) is 0. The van der Waals surface area contributed by atoms with Crippen LogP contribution in [0.25, 0.3) is 0 Å². The molecule has 0 bridgehead atoms. The van der Waals surface area contributed by atoms with Gasteiger partial charge in [0.25, 0.3) is 0 Å². The molecule has 0 atom stereocenters. The van der Waals surface area contributed by atoms with E-state index in [4.69, 9.17) is 0 Å². The number of allylic oxidation sites excluding steroid dienone is 6. The molecule has 0 spiro atoms. The van der Waals surface area contributed by atoms with Crippen LogP contribution in [0.2, 0.25) is 0 Å². The molecule has 0 heterocycles. The number of rotatable bonds is 3. The van der Waals surface area contributed by atoms with Gasteiger partial charge in [0.1, 0.15) is 0 Å². The quantitative estimate of drug-likeness (QED) is 0.687. The molecule has 1 aliphatic rings. The summed E-state index contributed by atoms with van der Waals surface area (Å²) < 4.78 is 0. The van der Waals surface area contributed by atoms with Gasteiger partial charge in [-0.25, -0.2) is 0 Å². The van der Waals surface area contributed by atoms with E-state index in [0.29, 0.717) is 5.92 Å². The van der Waals surface area contributed by atoms with Crippen LogP contribution < -0.4 is 0 Å². The van der Waals surface area contributed by atoms with Gasteiger partial charge in [0.2, 0.25) is 0 Å². The van der Waals surface area contributed by atoms with Crippen molar-refractivity contribution >= 4 is 0 Å². The molecule has 0 saturated carbocycles. The van der Waals surface area contributed by atoms with Crippen LogP contribution in [0.4, 0.5) is 0 Å². The second kappa shape index (κ2) is 5.35. The maximum absolute atomic E-state index is 2.27. The molecule has 2 rings (SSSR count). The lowest BCUT2D eigenvalue weighted by Crippen LogP contribution is -1.94. The first-order valence-electron chi connectivity index (χ1n) is 5.51. The summed E-state index contributed by atoms with van der Waals surface area (Å²) in [7, 11) is 0. The van der Waals surface area contributed by atoms with E-state index in [1.54, 1.807) is 0 Å². The standard InChI is InChI=1S/C15H16/c1-2-5-9-14(8-4-1)12-13-15-10-6-3-7-11-15/h1-11,14H,12-13H2. The highest BCUT2D eigenvalue weighted by Gasteiger charge is 2.01. The second-order valence-corrected chi connectivity index (χ2v) is 3.84. The Hall–Kier alpha value is -1.56. The minimum atomic E-state index is 0.584. The summed E-state index contributed by atoms with van der Waals surface area (Å²) >= 11 is 0. The van der Waals surface area contributed by atoms with E-state index < -0.39 is 0 Å². The summed E-state index contributed by atoms with van der Waals surface area (Å²) in [6.07, 6.45) is 15.3. The smallest absolute Gasteiger partial charge is 0.00441 e. The molecule has 1 aliphatic carbocycles. The summed E-state index contributed by atoms with van der Waals surface area (Å²) in [5.74, 6) is 0.584. The van der Waals surface area contributed by atoms with E-state index in [0.717, 1.165) is 6.42 Å². The molecule has 76 valence electrons. The SMILES string of the molecule is C1=CC=CC(CCc2ccccc2)C=C1. The Bertz CT molecular complexity index is 352. The Morgan fingerprint density at radius 2 is 1.47 bits per heavy atom. The zero-order valence-corrected chi connectivity index (χ0v) is 8.84. The summed E-state index contributed by atoms with van der Waals surface area (Å²) in [5.41, 5.74) is 1.43. The summed E-state index contributed by atoms with van der Waals surface area (Å²) in [4.78, 5) is 0. The zero-order chi connectivity index (χ0) is 10.3. The molecule has 0 aromatic heterocycles. The lowest BCUT2D eigenvalue weighted by Gasteiger charge is -2.06. The van der Waals surface area contributed by atoms with Crippen LogP contribution in [-0.2, 0) is 6.42 Å². The maximum atomic E-state index is 2.27. The van der Waals surface area contributed by atoms with Crippen LogP contribution in [0.3, 0.4) is 0 Å². The van der Waals surface area contributed by atoms with Crippen molar-refractivity contribution in [1.29, 1.82) is 0 Å². The Kier molecular flexibility index (Phi) is 3.56. The molecule has 1 aromatic rings. The van der Waals surface area contributed by atoms with Gasteiger partial charge in [0.05, 0.1) is 0 Å². The van der Waals surface area contributed by atoms with Crippen LogP contribution in [0.5, 0.6) is 0 Å². The molecule has 15 heavy (non-hydrogen) atoms. The first kappa shape index (κ1) is 9.97. The number of hydrogen-bond acceptors (Lipinski definition) is 0. The fourth-order valence-corrected chi connectivity index (χ4v) is 1.78. The number of hydrogen-bond donors (Lipinski definition) is 0. The summed E-state index contributed by atoms with van der Waals surface area (Å²) in [5, 5.41) is 0. The predicted molar refractivity (Wildman–Crippen MR) is 65.7 cm³/mol. The average Bonchev–Trinajstić information content (AvgIpc) is 2.56. The first-order chi connectivity index (χ1) is 7.45. The Labute approximate surface area is 91.6 Å². The fourth-order valence-electron chi connectivity index (χ4n) is 1.78. The predicted octanol–water partition coefficient (Wildman–Crippen LogP) is 3.92. The van der Waals surface area contributed by atoms with Crippen molar-refractivity contribution in [3.63, 3.8) is 0 Å². The molecular weight excluding hydrogens is 180 g/mol. The highest BCUT2D eigenvalue weighted by molar-refractivity contribution is 5.20. The Morgan fingerprint density at radius 3 is 2.13 bits per heavy atom. The topological polar surface area (TPSA) is 0 Å². The van der Waals surface area contributed by atoms with E-state index in [1.807, 2.05) is 0 Å². The third-order valence-electron chi connectivity index (χ3n) is 2.66. The minimum absolute atomic E-state index is 0.584. The molecule has 0 unspecified atom stereocenters. The van der Waals surface area contributed by atoms with Crippen molar-refractivity contribution in [2.45, 2.75) is 12.8 Å². The van der Waals surface area contributed by atoms with Gasteiger partial charge in [-0.1, -0.05) is 66.8 Å². The molecule has 1 aromatic carbocycles. The van der Waals surface area contributed by atoms with Crippen molar-refractivity contribution in [3.05, 3.63) is 72.4 Å². The largest absolute Gasteiger partial charge is 0.0776 e. The zero-order valence-electron chi connectivity index (χ0n) is 8.84. The highest BCUT2D eigenvalue weighted by atomic mass is 14.1. The van der Waals surface area contributed by atoms with Crippen LogP contribution in [0.15, 0.2) is 66.8 Å². The molecule has 0 radical (unpaired) electrons. The van der Waals surface area contributed by atoms with Gasteiger partial charge >= 0.3 is 0 Å². The minimum Gasteiger partial charge on any atom is -0.0776 e. The molecule has 0 aliphatic heterocycles. The van der Waals surface area contributed by atoms with Gasteiger partial charge in [-0.3, -0.25) is 0 Å². The van der Waals surface area contributed by atoms with Crippen LogP contribution in [0, 0.1) is 5.92 Å². The van der Waals surface area contributed by atoms with Crippen molar-refractivity contribution in [2.75, 3.05) is 0 Å². The van der Waals surface area contributed by atoms with E-state index >= 15 is 0 Å². The van der Waals surface area contributed by atoms with Gasteiger partial charge in [-0.15, -0.1) is 0 Å². The van der Waals surface area contributed by atoms with Crippen molar-refractivity contribution in [2.24, 2.45) is 5.92 Å². The van der Waals surface area contributed by atoms with Crippen molar-refractivity contribution < 1.29 is 0 Å². The van der Waals surface area contributed by atoms with Gasteiger partial charge in [0.15, 0.2) is 0 Å². The number of benzene rings is 1. The van der Waals surface area contributed by atoms with E-state index in [2.05, 4.69) is 66.8 Å². The molecule has 0 N–H and O–H groups in total. The highest BCUT2D eigenvalue weighted by Crippen LogP contribution is 2.14. The fraction of sp³-hybridized carbons (Fsp3) is 0.200. The molecule has 0 amide bonds. The third-order valence-corrected chi connectivity index (χ3v) is 2.66. The van der Waals surface area contributed by atoms with Crippen LogP contribution >= 0.6 is 0 Å². The van der Waals surface area contributed by atoms with E-state index in [1.165, 1.54) is 12.0 Å². The Balaban J connectivity index is 1.88. The van der Waals surface area contributed by atoms with E-state index in [9.17, 15) is 0 Å². The van der Waals surface area contributed by atoms with Gasteiger partial charge < -0.3 is 0 Å². The van der Waals surface area contributed by atoms with Gasteiger partial charge in [-0.05, 0) is 24.3 Å². The first-order valence-corrected chi connectivity index (χ1v) is 5.51. The molecule has 0 saturated heterocycles. The molecule has 0 fully saturated rings. The Morgan fingerprint density at radius 1 is 0.800 bits per heavy atom. The molecule has 0 nitrogen and oxygen atoms in total. The normalized spacial score (nSPS) is 15.5. The van der Waals surface area contributed by atoms with Gasteiger partial charge in [-0.2, -0.15) is 0 Å². The number of aryl methyl sites for hydroxylation is 1. The van der Waals surface area contributed by atoms with E-state index in [-0.39, 0.29) is 0 Å². The molecule has 0 heteroatoms. The van der Waals surface area contributed by atoms with Crippen molar-refractivity contribution in [3.8, 4) is 0 Å². The van der Waals surface area contributed by atoms with Crippen molar-refractivity contribution in [1.82, 2.24) is 0 Å². The van der Waals surface area contributed by atoms with Gasteiger partial charge in [0, 0.05) is 0 Å². The second-order valence-electron chi connectivity index (χ2n) is 3.84. The maximum Gasteiger partial charge on any atom is -0.00441 e. The third kappa shape index (κ3) is 3.25.